The highest BCUT2D eigenvalue weighted by molar-refractivity contribution is 6.30. The van der Waals surface area contributed by atoms with Crippen LogP contribution in [0.3, 0.4) is 0 Å². The first-order valence-electron chi connectivity index (χ1n) is 6.13. The van der Waals surface area contributed by atoms with Crippen LogP contribution in [0, 0.1) is 10.1 Å². The minimum Gasteiger partial charge on any atom is -0.486 e. The first kappa shape index (κ1) is 13.4. The molecular formula is C14H10ClN3O3. The first-order valence-corrected chi connectivity index (χ1v) is 6.51. The summed E-state index contributed by atoms with van der Waals surface area (Å²) in [5.41, 5.74) is 1.30. The lowest BCUT2D eigenvalue weighted by Crippen LogP contribution is -1.97. The molecule has 7 heteroatoms. The van der Waals surface area contributed by atoms with Gasteiger partial charge < -0.3 is 9.72 Å². The summed E-state index contributed by atoms with van der Waals surface area (Å²) in [5.74, 6) is 1.27. The summed E-state index contributed by atoms with van der Waals surface area (Å²) in [6.07, 6.45) is 0. The molecule has 0 amide bonds. The van der Waals surface area contributed by atoms with Gasteiger partial charge in [0.25, 0.3) is 5.69 Å². The maximum atomic E-state index is 10.7. The van der Waals surface area contributed by atoms with Crippen molar-refractivity contribution in [3.63, 3.8) is 0 Å². The zero-order chi connectivity index (χ0) is 14.8. The molecule has 0 fully saturated rings. The number of non-ortho nitro benzene ring substituents is 1. The Balaban J connectivity index is 1.78. The summed E-state index contributed by atoms with van der Waals surface area (Å²) in [7, 11) is 0. The molecule has 0 radical (unpaired) electrons. The number of imidazole rings is 1. The van der Waals surface area contributed by atoms with Crippen molar-refractivity contribution in [2.24, 2.45) is 0 Å². The highest BCUT2D eigenvalue weighted by atomic mass is 35.5. The summed E-state index contributed by atoms with van der Waals surface area (Å²) >= 11 is 5.79. The fourth-order valence-corrected chi connectivity index (χ4v) is 2.04. The Hall–Kier alpha value is -2.60. The van der Waals surface area contributed by atoms with Crippen molar-refractivity contribution in [1.82, 2.24) is 9.97 Å². The molecule has 0 aliphatic carbocycles. The van der Waals surface area contributed by atoms with Gasteiger partial charge in [-0.2, -0.15) is 0 Å². The van der Waals surface area contributed by atoms with Crippen LogP contribution in [-0.2, 0) is 6.61 Å². The van der Waals surface area contributed by atoms with Crippen molar-refractivity contribution in [3.05, 3.63) is 63.4 Å². The van der Waals surface area contributed by atoms with Gasteiger partial charge in [-0.25, -0.2) is 4.98 Å². The fraction of sp³-hybridized carbons (Fsp3) is 0.0714. The summed E-state index contributed by atoms with van der Waals surface area (Å²) in [6.45, 7) is 0.240. The van der Waals surface area contributed by atoms with E-state index >= 15 is 0 Å². The highest BCUT2D eigenvalue weighted by Crippen LogP contribution is 2.20. The lowest BCUT2D eigenvalue weighted by atomic mass is 10.3. The minimum atomic E-state index is -0.440. The van der Waals surface area contributed by atoms with E-state index < -0.39 is 4.92 Å². The maximum Gasteiger partial charge on any atom is 0.271 e. The third-order valence-corrected chi connectivity index (χ3v) is 3.17. The van der Waals surface area contributed by atoms with Crippen LogP contribution in [0.15, 0.2) is 42.5 Å². The van der Waals surface area contributed by atoms with Crippen LogP contribution < -0.4 is 4.74 Å². The Labute approximate surface area is 124 Å². The van der Waals surface area contributed by atoms with Gasteiger partial charge in [0.2, 0.25) is 0 Å². The molecule has 6 nitrogen and oxygen atoms in total. The first-order chi connectivity index (χ1) is 10.1. The second-order valence-corrected chi connectivity index (χ2v) is 4.82. The molecule has 3 rings (SSSR count). The van der Waals surface area contributed by atoms with Crippen molar-refractivity contribution in [3.8, 4) is 5.75 Å². The van der Waals surface area contributed by atoms with Gasteiger partial charge >= 0.3 is 0 Å². The molecule has 1 aromatic heterocycles. The molecule has 0 saturated heterocycles. The Kier molecular flexibility index (Phi) is 3.45. The van der Waals surface area contributed by atoms with E-state index in [0.29, 0.717) is 27.6 Å². The van der Waals surface area contributed by atoms with Crippen molar-refractivity contribution in [1.29, 1.82) is 0 Å². The van der Waals surface area contributed by atoms with E-state index in [1.807, 2.05) is 0 Å². The second kappa shape index (κ2) is 5.41. The molecule has 0 unspecified atom stereocenters. The summed E-state index contributed by atoms with van der Waals surface area (Å²) in [5, 5.41) is 11.4. The summed E-state index contributed by atoms with van der Waals surface area (Å²) in [6, 6.07) is 11.5. The fourth-order valence-electron chi connectivity index (χ4n) is 1.91. The Morgan fingerprint density at radius 1 is 1.24 bits per heavy atom. The normalized spacial score (nSPS) is 10.7. The third kappa shape index (κ3) is 2.95. The van der Waals surface area contributed by atoms with Crippen LogP contribution >= 0.6 is 11.6 Å². The van der Waals surface area contributed by atoms with Gasteiger partial charge in [0.15, 0.2) is 0 Å². The summed E-state index contributed by atoms with van der Waals surface area (Å²) < 4.78 is 5.57. The van der Waals surface area contributed by atoms with Gasteiger partial charge in [-0.05, 0) is 30.3 Å². The molecule has 0 spiro atoms. The largest absolute Gasteiger partial charge is 0.486 e. The number of benzene rings is 2. The van der Waals surface area contributed by atoms with Crippen molar-refractivity contribution >= 4 is 28.3 Å². The Morgan fingerprint density at radius 2 is 2.00 bits per heavy atom. The van der Waals surface area contributed by atoms with Crippen molar-refractivity contribution in [2.75, 3.05) is 0 Å². The number of H-pyrrole nitrogens is 1. The molecule has 1 N–H and O–H groups in total. The predicted molar refractivity (Wildman–Crippen MR) is 78.5 cm³/mol. The topological polar surface area (TPSA) is 81.1 Å². The van der Waals surface area contributed by atoms with Crippen LogP contribution in [0.1, 0.15) is 5.82 Å². The number of nitro benzene ring substituents is 1. The van der Waals surface area contributed by atoms with Crippen LogP contribution in [0.2, 0.25) is 5.02 Å². The number of nitro groups is 1. The number of nitrogens with zero attached hydrogens (tertiary/aromatic N) is 2. The smallest absolute Gasteiger partial charge is 0.271 e. The van der Waals surface area contributed by atoms with E-state index in [2.05, 4.69) is 9.97 Å². The molecular weight excluding hydrogens is 294 g/mol. The second-order valence-electron chi connectivity index (χ2n) is 4.38. The monoisotopic (exact) mass is 303 g/mol. The van der Waals surface area contributed by atoms with Gasteiger partial charge in [0.1, 0.15) is 18.2 Å². The number of hydrogen-bond acceptors (Lipinski definition) is 4. The minimum absolute atomic E-state index is 0.0244. The van der Waals surface area contributed by atoms with Crippen molar-refractivity contribution < 1.29 is 9.66 Å². The van der Waals surface area contributed by atoms with E-state index in [0.717, 1.165) is 0 Å². The zero-order valence-corrected chi connectivity index (χ0v) is 11.5. The molecule has 21 heavy (non-hydrogen) atoms. The number of halogens is 1. The average molecular weight is 304 g/mol. The molecule has 2 aromatic carbocycles. The lowest BCUT2D eigenvalue weighted by Gasteiger charge is -2.03. The molecule has 0 aliphatic heterocycles. The van der Waals surface area contributed by atoms with Crippen molar-refractivity contribution in [2.45, 2.75) is 6.61 Å². The maximum absolute atomic E-state index is 10.7. The SMILES string of the molecule is O=[N+]([O-])c1ccc2nc(COc3ccc(Cl)cc3)[nH]c2c1. The number of aromatic amines is 1. The number of rotatable bonds is 4. The third-order valence-electron chi connectivity index (χ3n) is 2.91. The van der Waals surface area contributed by atoms with E-state index in [1.54, 1.807) is 30.3 Å². The molecule has 106 valence electrons. The quantitative estimate of drug-likeness (QED) is 0.588. The molecule has 1 heterocycles. The van der Waals surface area contributed by atoms with Gasteiger partial charge in [0.05, 0.1) is 16.0 Å². The standard InChI is InChI=1S/C14H10ClN3O3/c15-9-1-4-11(5-2-9)21-8-14-16-12-6-3-10(18(19)20)7-13(12)17-14/h1-7H,8H2,(H,16,17). The number of fused-ring (bicyclic) bond motifs is 1. The van der Waals surface area contributed by atoms with Crippen LogP contribution in [0.4, 0.5) is 5.69 Å². The molecule has 0 aliphatic rings. The lowest BCUT2D eigenvalue weighted by molar-refractivity contribution is -0.384. The van der Waals surface area contributed by atoms with E-state index in [1.165, 1.54) is 12.1 Å². The summed E-state index contributed by atoms with van der Waals surface area (Å²) in [4.78, 5) is 17.6. The van der Waals surface area contributed by atoms with E-state index in [9.17, 15) is 10.1 Å². The van der Waals surface area contributed by atoms with Gasteiger partial charge in [-0.3, -0.25) is 10.1 Å². The highest BCUT2D eigenvalue weighted by Gasteiger charge is 2.09. The number of nitrogens with one attached hydrogen (secondary N) is 1. The van der Waals surface area contributed by atoms with Crippen LogP contribution in [-0.4, -0.2) is 14.9 Å². The van der Waals surface area contributed by atoms with Crippen LogP contribution in [0.5, 0.6) is 5.75 Å². The average Bonchev–Trinajstić information content (AvgIpc) is 2.88. The Bertz CT molecular complexity index is 799. The number of hydrogen-bond donors (Lipinski definition) is 1. The number of ether oxygens (including phenoxy) is 1. The molecule has 3 aromatic rings. The molecule has 0 atom stereocenters. The van der Waals surface area contributed by atoms with E-state index in [4.69, 9.17) is 16.3 Å². The Morgan fingerprint density at radius 3 is 2.71 bits per heavy atom. The van der Waals surface area contributed by atoms with Gasteiger partial charge in [-0.1, -0.05) is 11.6 Å². The predicted octanol–water partition coefficient (Wildman–Crippen LogP) is 3.70. The number of aromatic nitrogens is 2. The van der Waals surface area contributed by atoms with Crippen LogP contribution in [0.25, 0.3) is 11.0 Å². The molecule has 0 saturated carbocycles. The van der Waals surface area contributed by atoms with Gasteiger partial charge in [-0.15, -0.1) is 0 Å². The van der Waals surface area contributed by atoms with E-state index in [-0.39, 0.29) is 12.3 Å². The van der Waals surface area contributed by atoms with Gasteiger partial charge in [0, 0.05) is 17.2 Å². The zero-order valence-electron chi connectivity index (χ0n) is 10.7. The molecule has 0 bridgehead atoms.